The van der Waals surface area contributed by atoms with Crippen molar-refractivity contribution in [1.82, 2.24) is 0 Å². The van der Waals surface area contributed by atoms with Crippen molar-refractivity contribution in [2.75, 3.05) is 13.2 Å². The molecule has 1 aliphatic rings. The van der Waals surface area contributed by atoms with Gasteiger partial charge in [-0.2, -0.15) is 0 Å². The molecule has 1 aromatic carbocycles. The summed E-state index contributed by atoms with van der Waals surface area (Å²) in [6, 6.07) is 5.75. The number of halogens is 1. The van der Waals surface area contributed by atoms with Gasteiger partial charge in [0.25, 0.3) is 0 Å². The highest BCUT2D eigenvalue weighted by Gasteiger charge is 2.24. The van der Waals surface area contributed by atoms with Crippen LogP contribution in [-0.2, 0) is 4.74 Å². The van der Waals surface area contributed by atoms with Gasteiger partial charge < -0.3 is 4.74 Å². The van der Waals surface area contributed by atoms with Gasteiger partial charge in [-0.25, -0.2) is 0 Å². The summed E-state index contributed by atoms with van der Waals surface area (Å²) in [6.45, 7) is 3.30. The van der Waals surface area contributed by atoms with Crippen LogP contribution in [-0.4, -0.2) is 19.0 Å². The van der Waals surface area contributed by atoms with Crippen molar-refractivity contribution in [2.24, 2.45) is 5.92 Å². The summed E-state index contributed by atoms with van der Waals surface area (Å²) >= 11 is 3.44. The maximum absolute atomic E-state index is 12.0. The van der Waals surface area contributed by atoms with Crippen molar-refractivity contribution in [1.29, 1.82) is 0 Å². The number of aryl methyl sites for hydroxylation is 1. The van der Waals surface area contributed by atoms with E-state index in [1.165, 1.54) is 0 Å². The summed E-state index contributed by atoms with van der Waals surface area (Å²) in [4.78, 5) is 12.0. The fourth-order valence-corrected chi connectivity index (χ4v) is 2.10. The Balaban J connectivity index is 2.21. The Morgan fingerprint density at radius 2 is 2.33 bits per heavy atom. The molecule has 0 aliphatic carbocycles. The lowest BCUT2D eigenvalue weighted by Gasteiger charge is -2.07. The topological polar surface area (TPSA) is 26.3 Å². The second-order valence-corrected chi connectivity index (χ2v) is 4.74. The minimum absolute atomic E-state index is 0.0552. The van der Waals surface area contributed by atoms with E-state index in [1.807, 2.05) is 25.1 Å². The van der Waals surface area contributed by atoms with Crippen LogP contribution in [0, 0.1) is 12.8 Å². The quantitative estimate of drug-likeness (QED) is 0.771. The van der Waals surface area contributed by atoms with Crippen molar-refractivity contribution >= 4 is 21.7 Å². The van der Waals surface area contributed by atoms with E-state index in [-0.39, 0.29) is 11.7 Å². The second kappa shape index (κ2) is 4.45. The predicted molar refractivity (Wildman–Crippen MR) is 62.1 cm³/mol. The largest absolute Gasteiger partial charge is 0.381 e. The molecular formula is C12H13BrO2. The molecule has 0 N–H and O–H groups in total. The van der Waals surface area contributed by atoms with E-state index in [0.29, 0.717) is 13.2 Å². The molecule has 0 radical (unpaired) electrons. The molecule has 1 saturated heterocycles. The second-order valence-electron chi connectivity index (χ2n) is 3.89. The fraction of sp³-hybridized carbons (Fsp3) is 0.417. The molecular weight excluding hydrogens is 256 g/mol. The lowest BCUT2D eigenvalue weighted by Crippen LogP contribution is -2.14. The number of ketones is 1. The minimum atomic E-state index is 0.0552. The van der Waals surface area contributed by atoms with Gasteiger partial charge in [0.15, 0.2) is 5.78 Å². The molecule has 0 bridgehead atoms. The third kappa shape index (κ3) is 2.29. The highest BCUT2D eigenvalue weighted by atomic mass is 79.9. The number of ether oxygens (including phenoxy) is 1. The number of rotatable bonds is 2. The Labute approximate surface area is 97.8 Å². The first kappa shape index (κ1) is 10.8. The Hall–Kier alpha value is -0.670. The van der Waals surface area contributed by atoms with E-state index in [4.69, 9.17) is 4.74 Å². The smallest absolute Gasteiger partial charge is 0.168 e. The highest BCUT2D eigenvalue weighted by Crippen LogP contribution is 2.22. The van der Waals surface area contributed by atoms with Crippen LogP contribution in [0.2, 0.25) is 0 Å². The fourth-order valence-electron chi connectivity index (χ4n) is 1.72. The van der Waals surface area contributed by atoms with E-state index in [2.05, 4.69) is 15.9 Å². The molecule has 3 heteroatoms. The summed E-state index contributed by atoms with van der Waals surface area (Å²) in [7, 11) is 0. The van der Waals surface area contributed by atoms with E-state index in [9.17, 15) is 4.79 Å². The van der Waals surface area contributed by atoms with Gasteiger partial charge >= 0.3 is 0 Å². The van der Waals surface area contributed by atoms with Crippen molar-refractivity contribution in [3.63, 3.8) is 0 Å². The van der Waals surface area contributed by atoms with Gasteiger partial charge in [-0.15, -0.1) is 0 Å². The number of hydrogen-bond acceptors (Lipinski definition) is 2. The standard InChI is InChI=1S/C12H13BrO2/c1-8-2-3-9(6-11(8)13)12(14)10-4-5-15-7-10/h2-3,6,10H,4-5,7H2,1H3. The lowest BCUT2D eigenvalue weighted by molar-refractivity contribution is 0.0900. The number of benzene rings is 1. The SMILES string of the molecule is Cc1ccc(C(=O)C2CCOC2)cc1Br. The molecule has 1 heterocycles. The van der Waals surface area contributed by atoms with Gasteiger partial charge in [0.2, 0.25) is 0 Å². The first-order valence-electron chi connectivity index (χ1n) is 5.06. The van der Waals surface area contributed by atoms with Crippen LogP contribution >= 0.6 is 15.9 Å². The zero-order valence-corrected chi connectivity index (χ0v) is 10.2. The number of carbonyl (C=O) groups excluding carboxylic acids is 1. The van der Waals surface area contributed by atoms with Crippen LogP contribution in [0.1, 0.15) is 22.3 Å². The molecule has 80 valence electrons. The number of Topliss-reactive ketones (excluding diaryl/α,β-unsaturated/α-hetero) is 1. The van der Waals surface area contributed by atoms with Crippen molar-refractivity contribution in [3.8, 4) is 0 Å². The summed E-state index contributed by atoms with van der Waals surface area (Å²) in [6.07, 6.45) is 0.852. The molecule has 1 fully saturated rings. The maximum Gasteiger partial charge on any atom is 0.168 e. The summed E-state index contributed by atoms with van der Waals surface area (Å²) < 4.78 is 6.21. The highest BCUT2D eigenvalue weighted by molar-refractivity contribution is 9.10. The van der Waals surface area contributed by atoms with Gasteiger partial charge in [0.1, 0.15) is 0 Å². The Bertz CT molecular complexity index is 381. The minimum Gasteiger partial charge on any atom is -0.381 e. The molecule has 1 aromatic rings. The third-order valence-electron chi connectivity index (χ3n) is 2.76. The van der Waals surface area contributed by atoms with E-state index >= 15 is 0 Å². The average Bonchev–Trinajstić information content (AvgIpc) is 2.74. The van der Waals surface area contributed by atoms with Crippen molar-refractivity contribution in [2.45, 2.75) is 13.3 Å². The molecule has 15 heavy (non-hydrogen) atoms. The average molecular weight is 269 g/mol. The van der Waals surface area contributed by atoms with Crippen LogP contribution in [0.15, 0.2) is 22.7 Å². The summed E-state index contributed by atoms with van der Waals surface area (Å²) in [5.41, 5.74) is 1.93. The predicted octanol–water partition coefficient (Wildman–Crippen LogP) is 2.98. The number of hydrogen-bond donors (Lipinski definition) is 0. The zero-order chi connectivity index (χ0) is 10.8. The normalized spacial score (nSPS) is 20.5. The number of carbonyl (C=O) groups is 1. The van der Waals surface area contributed by atoms with Gasteiger partial charge in [0.05, 0.1) is 6.61 Å². The molecule has 1 aliphatic heterocycles. The molecule has 1 unspecified atom stereocenters. The Morgan fingerprint density at radius 3 is 2.93 bits per heavy atom. The molecule has 0 saturated carbocycles. The molecule has 0 amide bonds. The van der Waals surface area contributed by atoms with Crippen molar-refractivity contribution in [3.05, 3.63) is 33.8 Å². The van der Waals surface area contributed by atoms with Crippen LogP contribution in [0.5, 0.6) is 0 Å². The van der Waals surface area contributed by atoms with Gasteiger partial charge in [-0.1, -0.05) is 28.1 Å². The van der Waals surface area contributed by atoms with Crippen LogP contribution in [0.25, 0.3) is 0 Å². The molecule has 2 nitrogen and oxygen atoms in total. The maximum atomic E-state index is 12.0. The Morgan fingerprint density at radius 1 is 1.53 bits per heavy atom. The van der Waals surface area contributed by atoms with E-state index in [0.717, 1.165) is 22.0 Å². The van der Waals surface area contributed by atoms with Gasteiger partial charge in [0, 0.05) is 22.6 Å². The molecule has 1 atom stereocenters. The van der Waals surface area contributed by atoms with Crippen LogP contribution in [0.4, 0.5) is 0 Å². The third-order valence-corrected chi connectivity index (χ3v) is 3.61. The Kier molecular flexibility index (Phi) is 3.22. The summed E-state index contributed by atoms with van der Waals surface area (Å²) in [5, 5.41) is 0. The first-order chi connectivity index (χ1) is 7.18. The van der Waals surface area contributed by atoms with Crippen LogP contribution < -0.4 is 0 Å². The van der Waals surface area contributed by atoms with E-state index < -0.39 is 0 Å². The molecule has 0 spiro atoms. The van der Waals surface area contributed by atoms with Gasteiger partial charge in [-0.3, -0.25) is 4.79 Å². The van der Waals surface area contributed by atoms with Gasteiger partial charge in [-0.05, 0) is 25.0 Å². The van der Waals surface area contributed by atoms with Crippen molar-refractivity contribution < 1.29 is 9.53 Å². The molecule has 2 rings (SSSR count). The lowest BCUT2D eigenvalue weighted by atomic mass is 9.96. The molecule has 0 aromatic heterocycles. The monoisotopic (exact) mass is 268 g/mol. The first-order valence-corrected chi connectivity index (χ1v) is 5.86. The van der Waals surface area contributed by atoms with E-state index in [1.54, 1.807) is 0 Å². The van der Waals surface area contributed by atoms with Crippen LogP contribution in [0.3, 0.4) is 0 Å². The summed E-state index contributed by atoms with van der Waals surface area (Å²) in [5.74, 6) is 0.257. The zero-order valence-electron chi connectivity index (χ0n) is 8.63.